The number of carbonyl (C=O) groups excluding carboxylic acids is 1. The first-order valence-electron chi connectivity index (χ1n) is 5.78. The summed E-state index contributed by atoms with van der Waals surface area (Å²) in [5.41, 5.74) is 0. The Kier molecular flexibility index (Phi) is 4.37. The first-order valence-corrected chi connectivity index (χ1v) is 5.78. The van der Waals surface area contributed by atoms with Crippen LogP contribution in [0.25, 0.3) is 0 Å². The summed E-state index contributed by atoms with van der Waals surface area (Å²) in [6, 6.07) is 0. The van der Waals surface area contributed by atoms with Crippen LogP contribution in [0, 0.1) is 17.8 Å². The SMILES string of the molecule is C=CC(=O)CC1CCC(C(C)C)CC1. The highest BCUT2D eigenvalue weighted by molar-refractivity contribution is 5.89. The third-order valence-corrected chi connectivity index (χ3v) is 3.55. The molecule has 0 bridgehead atoms. The topological polar surface area (TPSA) is 17.1 Å². The number of allylic oxidation sites excluding steroid dienone is 1. The van der Waals surface area contributed by atoms with Crippen LogP contribution in [0.4, 0.5) is 0 Å². The Bertz CT molecular complexity index is 197. The predicted molar refractivity (Wildman–Crippen MR) is 60.1 cm³/mol. The molecule has 0 unspecified atom stereocenters. The number of hydrogen-bond donors (Lipinski definition) is 0. The van der Waals surface area contributed by atoms with Crippen molar-refractivity contribution in [2.24, 2.45) is 17.8 Å². The number of ketones is 1. The molecule has 0 amide bonds. The van der Waals surface area contributed by atoms with E-state index in [1.807, 2.05) is 0 Å². The zero-order valence-corrected chi connectivity index (χ0v) is 9.46. The summed E-state index contributed by atoms with van der Waals surface area (Å²) in [4.78, 5) is 11.2. The van der Waals surface area contributed by atoms with Gasteiger partial charge < -0.3 is 0 Å². The van der Waals surface area contributed by atoms with E-state index in [0.29, 0.717) is 5.92 Å². The van der Waals surface area contributed by atoms with Crippen molar-refractivity contribution in [2.45, 2.75) is 46.0 Å². The zero-order valence-electron chi connectivity index (χ0n) is 9.46. The van der Waals surface area contributed by atoms with Crippen LogP contribution in [0.15, 0.2) is 12.7 Å². The van der Waals surface area contributed by atoms with Crippen LogP contribution in [0.3, 0.4) is 0 Å². The fraction of sp³-hybridized carbons (Fsp3) is 0.769. The van der Waals surface area contributed by atoms with Gasteiger partial charge in [-0.25, -0.2) is 0 Å². The lowest BCUT2D eigenvalue weighted by Crippen LogP contribution is -2.20. The van der Waals surface area contributed by atoms with Gasteiger partial charge in [0.25, 0.3) is 0 Å². The molecule has 0 heterocycles. The summed E-state index contributed by atoms with van der Waals surface area (Å²) in [7, 11) is 0. The van der Waals surface area contributed by atoms with E-state index in [0.717, 1.165) is 18.3 Å². The van der Waals surface area contributed by atoms with E-state index in [1.54, 1.807) is 0 Å². The van der Waals surface area contributed by atoms with E-state index in [-0.39, 0.29) is 5.78 Å². The van der Waals surface area contributed by atoms with Crippen molar-refractivity contribution in [1.29, 1.82) is 0 Å². The lowest BCUT2D eigenvalue weighted by molar-refractivity contribution is -0.115. The van der Waals surface area contributed by atoms with Crippen molar-refractivity contribution >= 4 is 5.78 Å². The van der Waals surface area contributed by atoms with Gasteiger partial charge in [0.15, 0.2) is 5.78 Å². The summed E-state index contributed by atoms with van der Waals surface area (Å²) >= 11 is 0. The molecule has 0 saturated heterocycles. The monoisotopic (exact) mass is 194 g/mol. The minimum absolute atomic E-state index is 0.220. The van der Waals surface area contributed by atoms with E-state index in [9.17, 15) is 4.79 Å². The molecule has 0 radical (unpaired) electrons. The molecule has 0 aliphatic heterocycles. The molecule has 0 aromatic rings. The van der Waals surface area contributed by atoms with Crippen LogP contribution < -0.4 is 0 Å². The summed E-state index contributed by atoms with van der Waals surface area (Å²) in [5, 5.41) is 0. The minimum Gasteiger partial charge on any atom is -0.295 e. The molecule has 0 N–H and O–H groups in total. The Labute approximate surface area is 87.6 Å². The first-order chi connectivity index (χ1) is 6.63. The van der Waals surface area contributed by atoms with Gasteiger partial charge in [-0.05, 0) is 49.5 Å². The normalized spacial score (nSPS) is 27.6. The summed E-state index contributed by atoms with van der Waals surface area (Å²) in [6.45, 7) is 8.13. The maximum atomic E-state index is 11.2. The summed E-state index contributed by atoms with van der Waals surface area (Å²) < 4.78 is 0. The molecule has 1 saturated carbocycles. The van der Waals surface area contributed by atoms with E-state index in [2.05, 4.69) is 20.4 Å². The average molecular weight is 194 g/mol. The predicted octanol–water partition coefficient (Wildman–Crippen LogP) is 3.59. The lowest BCUT2D eigenvalue weighted by Gasteiger charge is -2.30. The highest BCUT2D eigenvalue weighted by atomic mass is 16.1. The maximum absolute atomic E-state index is 11.2. The number of rotatable bonds is 4. The van der Waals surface area contributed by atoms with Crippen LogP contribution in [0.5, 0.6) is 0 Å². The molecule has 80 valence electrons. The van der Waals surface area contributed by atoms with Gasteiger partial charge in [0.2, 0.25) is 0 Å². The Morgan fingerprint density at radius 3 is 2.36 bits per heavy atom. The Morgan fingerprint density at radius 2 is 1.93 bits per heavy atom. The second-order valence-corrected chi connectivity index (χ2v) is 4.90. The molecule has 0 spiro atoms. The first kappa shape index (κ1) is 11.5. The van der Waals surface area contributed by atoms with Crippen molar-refractivity contribution in [1.82, 2.24) is 0 Å². The molecule has 1 fully saturated rings. The molecule has 14 heavy (non-hydrogen) atoms. The second kappa shape index (κ2) is 5.33. The quantitative estimate of drug-likeness (QED) is 0.625. The van der Waals surface area contributed by atoms with Gasteiger partial charge in [-0.2, -0.15) is 0 Å². The van der Waals surface area contributed by atoms with Crippen LogP contribution in [-0.2, 0) is 4.79 Å². The fourth-order valence-corrected chi connectivity index (χ4v) is 2.43. The van der Waals surface area contributed by atoms with Gasteiger partial charge >= 0.3 is 0 Å². The molecule has 1 nitrogen and oxygen atoms in total. The summed E-state index contributed by atoms with van der Waals surface area (Å²) in [6.07, 6.45) is 7.30. The van der Waals surface area contributed by atoms with Crippen molar-refractivity contribution in [3.05, 3.63) is 12.7 Å². The number of carbonyl (C=O) groups is 1. The van der Waals surface area contributed by atoms with Gasteiger partial charge in [0, 0.05) is 6.42 Å². The highest BCUT2D eigenvalue weighted by Gasteiger charge is 2.23. The summed E-state index contributed by atoms with van der Waals surface area (Å²) in [5.74, 6) is 2.56. The van der Waals surface area contributed by atoms with E-state index < -0.39 is 0 Å². The van der Waals surface area contributed by atoms with Crippen molar-refractivity contribution < 1.29 is 4.79 Å². The van der Waals surface area contributed by atoms with Crippen LogP contribution in [0.2, 0.25) is 0 Å². The average Bonchev–Trinajstić information content (AvgIpc) is 2.18. The lowest BCUT2D eigenvalue weighted by atomic mass is 9.75. The minimum atomic E-state index is 0.220. The van der Waals surface area contributed by atoms with Crippen LogP contribution in [0.1, 0.15) is 46.0 Å². The van der Waals surface area contributed by atoms with Gasteiger partial charge in [-0.1, -0.05) is 20.4 Å². The maximum Gasteiger partial charge on any atom is 0.155 e. The van der Waals surface area contributed by atoms with Crippen molar-refractivity contribution in [3.63, 3.8) is 0 Å². The molecule has 0 aromatic carbocycles. The molecule has 0 atom stereocenters. The third kappa shape index (κ3) is 3.28. The fourth-order valence-electron chi connectivity index (χ4n) is 2.43. The number of hydrogen-bond acceptors (Lipinski definition) is 1. The molecule has 1 rings (SSSR count). The smallest absolute Gasteiger partial charge is 0.155 e. The molecule has 1 aliphatic carbocycles. The second-order valence-electron chi connectivity index (χ2n) is 4.90. The standard InChI is InChI=1S/C13H22O/c1-4-13(14)9-11-5-7-12(8-6-11)10(2)3/h4,10-12H,1,5-9H2,2-3H3. The van der Waals surface area contributed by atoms with Gasteiger partial charge in [-0.15, -0.1) is 0 Å². The third-order valence-electron chi connectivity index (χ3n) is 3.55. The Balaban J connectivity index is 2.28. The van der Waals surface area contributed by atoms with E-state index >= 15 is 0 Å². The van der Waals surface area contributed by atoms with Crippen molar-refractivity contribution in [3.8, 4) is 0 Å². The van der Waals surface area contributed by atoms with Crippen LogP contribution >= 0.6 is 0 Å². The molecule has 1 heteroatoms. The van der Waals surface area contributed by atoms with Gasteiger partial charge in [0.1, 0.15) is 0 Å². The zero-order chi connectivity index (χ0) is 10.6. The Hall–Kier alpha value is -0.590. The van der Waals surface area contributed by atoms with E-state index in [1.165, 1.54) is 31.8 Å². The Morgan fingerprint density at radius 1 is 1.36 bits per heavy atom. The van der Waals surface area contributed by atoms with Gasteiger partial charge in [0.05, 0.1) is 0 Å². The van der Waals surface area contributed by atoms with Gasteiger partial charge in [-0.3, -0.25) is 4.79 Å². The largest absolute Gasteiger partial charge is 0.295 e. The molecular weight excluding hydrogens is 172 g/mol. The molecular formula is C13H22O. The highest BCUT2D eigenvalue weighted by Crippen LogP contribution is 2.34. The molecule has 0 aromatic heterocycles. The van der Waals surface area contributed by atoms with Crippen molar-refractivity contribution in [2.75, 3.05) is 0 Å². The van der Waals surface area contributed by atoms with Crippen LogP contribution in [-0.4, -0.2) is 5.78 Å². The van der Waals surface area contributed by atoms with E-state index in [4.69, 9.17) is 0 Å². The molecule has 1 aliphatic rings.